The third-order valence-corrected chi connectivity index (χ3v) is 1.42. The summed E-state index contributed by atoms with van der Waals surface area (Å²) in [6.07, 6.45) is 6.93. The Morgan fingerprint density at radius 1 is 1.71 bits per heavy atom. The molecule has 0 saturated carbocycles. The van der Waals surface area contributed by atoms with E-state index in [1.54, 1.807) is 0 Å². The molecular formula is C6H11N. The van der Waals surface area contributed by atoms with Gasteiger partial charge >= 0.3 is 0 Å². The highest BCUT2D eigenvalue weighted by Crippen LogP contribution is 2.14. The predicted octanol–water partition coefficient (Wildman–Crippen LogP) is 0.911. The fourth-order valence-corrected chi connectivity index (χ4v) is 0.892. The van der Waals surface area contributed by atoms with E-state index >= 15 is 0 Å². The van der Waals surface area contributed by atoms with Crippen molar-refractivity contribution < 1.29 is 0 Å². The lowest BCUT2D eigenvalue weighted by atomic mass is 10.1. The summed E-state index contributed by atoms with van der Waals surface area (Å²) >= 11 is 0. The highest BCUT2D eigenvalue weighted by Gasteiger charge is 2.04. The zero-order chi connectivity index (χ0) is 5.11. The van der Waals surface area contributed by atoms with Crippen LogP contribution >= 0.6 is 0 Å². The van der Waals surface area contributed by atoms with Gasteiger partial charge in [-0.3, -0.25) is 0 Å². The van der Waals surface area contributed by atoms with Crippen LogP contribution in [-0.4, -0.2) is 6.54 Å². The van der Waals surface area contributed by atoms with Gasteiger partial charge in [0.1, 0.15) is 0 Å². The molecule has 0 fully saturated rings. The molecule has 0 heterocycles. The van der Waals surface area contributed by atoms with E-state index in [0.717, 1.165) is 6.54 Å². The lowest BCUT2D eigenvalue weighted by molar-refractivity contribution is 0.645. The first kappa shape index (κ1) is 4.85. The Labute approximate surface area is 44.2 Å². The van der Waals surface area contributed by atoms with E-state index in [1.807, 2.05) is 0 Å². The first-order valence-electron chi connectivity index (χ1n) is 2.80. The lowest BCUT2D eigenvalue weighted by Gasteiger charge is -1.97. The standard InChI is InChI=1S/C6H11N/c7-5-6-3-1-2-4-6/h1,3,6H,2,4-5,7H2/t6-/m1/s1. The van der Waals surface area contributed by atoms with Gasteiger partial charge in [0.2, 0.25) is 0 Å². The highest BCUT2D eigenvalue weighted by molar-refractivity contribution is 4.96. The fraction of sp³-hybridized carbons (Fsp3) is 0.667. The van der Waals surface area contributed by atoms with Gasteiger partial charge in [-0.15, -0.1) is 0 Å². The molecule has 0 unspecified atom stereocenters. The van der Waals surface area contributed by atoms with Crippen LogP contribution in [0.5, 0.6) is 0 Å². The Morgan fingerprint density at radius 2 is 2.57 bits per heavy atom. The Hall–Kier alpha value is -0.300. The molecule has 1 aliphatic carbocycles. The van der Waals surface area contributed by atoms with Gasteiger partial charge in [-0.1, -0.05) is 12.2 Å². The smallest absolute Gasteiger partial charge is 0.00141 e. The summed E-state index contributed by atoms with van der Waals surface area (Å²) in [5.41, 5.74) is 5.38. The van der Waals surface area contributed by atoms with Gasteiger partial charge in [0, 0.05) is 0 Å². The number of rotatable bonds is 1. The summed E-state index contributed by atoms with van der Waals surface area (Å²) in [5.74, 6) is 0.694. The molecule has 1 nitrogen and oxygen atoms in total. The second-order valence-corrected chi connectivity index (χ2v) is 2.00. The molecular weight excluding hydrogens is 86.1 g/mol. The van der Waals surface area contributed by atoms with Gasteiger partial charge < -0.3 is 5.73 Å². The molecule has 0 aromatic carbocycles. The van der Waals surface area contributed by atoms with Crippen LogP contribution in [0.4, 0.5) is 0 Å². The van der Waals surface area contributed by atoms with Gasteiger partial charge in [-0.05, 0) is 25.3 Å². The minimum absolute atomic E-state index is 0.694. The molecule has 0 saturated heterocycles. The SMILES string of the molecule is NC[C@@H]1C=CCC1. The molecule has 0 aliphatic heterocycles. The maximum Gasteiger partial charge on any atom is -0.00141 e. The molecule has 0 amide bonds. The van der Waals surface area contributed by atoms with E-state index in [4.69, 9.17) is 5.73 Å². The average Bonchev–Trinajstić information content (AvgIpc) is 2.14. The van der Waals surface area contributed by atoms with E-state index in [2.05, 4.69) is 12.2 Å². The van der Waals surface area contributed by atoms with E-state index in [9.17, 15) is 0 Å². The third kappa shape index (κ3) is 1.03. The average molecular weight is 97.2 g/mol. The van der Waals surface area contributed by atoms with Crippen molar-refractivity contribution in [3.05, 3.63) is 12.2 Å². The number of hydrogen-bond acceptors (Lipinski definition) is 1. The van der Waals surface area contributed by atoms with Gasteiger partial charge in [0.05, 0.1) is 0 Å². The predicted molar refractivity (Wildman–Crippen MR) is 30.9 cm³/mol. The maximum atomic E-state index is 5.38. The van der Waals surface area contributed by atoms with Crippen molar-refractivity contribution in [1.29, 1.82) is 0 Å². The summed E-state index contributed by atoms with van der Waals surface area (Å²) in [4.78, 5) is 0. The molecule has 0 aromatic heterocycles. The van der Waals surface area contributed by atoms with Crippen molar-refractivity contribution in [1.82, 2.24) is 0 Å². The van der Waals surface area contributed by atoms with E-state index in [1.165, 1.54) is 12.8 Å². The fourth-order valence-electron chi connectivity index (χ4n) is 0.892. The van der Waals surface area contributed by atoms with Crippen LogP contribution in [0.3, 0.4) is 0 Å². The largest absolute Gasteiger partial charge is 0.330 e. The molecule has 0 bridgehead atoms. The van der Waals surface area contributed by atoms with Crippen molar-refractivity contribution >= 4 is 0 Å². The van der Waals surface area contributed by atoms with Crippen molar-refractivity contribution in [2.45, 2.75) is 12.8 Å². The molecule has 7 heavy (non-hydrogen) atoms. The highest BCUT2D eigenvalue weighted by atomic mass is 14.5. The topological polar surface area (TPSA) is 26.0 Å². The van der Waals surface area contributed by atoms with E-state index < -0.39 is 0 Å². The zero-order valence-corrected chi connectivity index (χ0v) is 4.43. The second kappa shape index (κ2) is 2.12. The summed E-state index contributed by atoms with van der Waals surface area (Å²) < 4.78 is 0. The van der Waals surface area contributed by atoms with Crippen LogP contribution in [0.1, 0.15) is 12.8 Å². The minimum Gasteiger partial charge on any atom is -0.330 e. The molecule has 0 spiro atoms. The lowest BCUT2D eigenvalue weighted by Crippen LogP contribution is -2.08. The van der Waals surface area contributed by atoms with E-state index in [-0.39, 0.29) is 0 Å². The quantitative estimate of drug-likeness (QED) is 0.483. The van der Waals surface area contributed by atoms with Crippen LogP contribution in [0.2, 0.25) is 0 Å². The molecule has 0 radical (unpaired) electrons. The summed E-state index contributed by atoms with van der Waals surface area (Å²) in [6.45, 7) is 0.830. The Kier molecular flexibility index (Phi) is 1.47. The molecule has 1 heteroatoms. The molecule has 1 rings (SSSR count). The number of allylic oxidation sites excluding steroid dienone is 1. The van der Waals surface area contributed by atoms with E-state index in [0.29, 0.717) is 5.92 Å². The van der Waals surface area contributed by atoms with Gasteiger partial charge in [-0.2, -0.15) is 0 Å². The normalized spacial score (nSPS) is 29.0. The summed E-state index contributed by atoms with van der Waals surface area (Å²) in [6, 6.07) is 0. The molecule has 1 atom stereocenters. The molecule has 40 valence electrons. The zero-order valence-electron chi connectivity index (χ0n) is 4.43. The minimum atomic E-state index is 0.694. The summed E-state index contributed by atoms with van der Waals surface area (Å²) in [5, 5.41) is 0. The Morgan fingerprint density at radius 3 is 2.86 bits per heavy atom. The van der Waals surface area contributed by atoms with Crippen molar-refractivity contribution in [2.75, 3.05) is 6.54 Å². The van der Waals surface area contributed by atoms with Crippen LogP contribution in [0.25, 0.3) is 0 Å². The first-order chi connectivity index (χ1) is 3.43. The molecule has 0 aromatic rings. The Bertz CT molecular complexity index is 76.2. The van der Waals surface area contributed by atoms with Crippen molar-refractivity contribution in [3.8, 4) is 0 Å². The van der Waals surface area contributed by atoms with Crippen LogP contribution in [0, 0.1) is 5.92 Å². The number of nitrogens with two attached hydrogens (primary N) is 1. The molecule has 1 aliphatic rings. The monoisotopic (exact) mass is 97.1 g/mol. The van der Waals surface area contributed by atoms with Crippen LogP contribution in [0.15, 0.2) is 12.2 Å². The number of hydrogen-bond donors (Lipinski definition) is 1. The maximum absolute atomic E-state index is 5.38. The first-order valence-corrected chi connectivity index (χ1v) is 2.80. The van der Waals surface area contributed by atoms with Crippen LogP contribution < -0.4 is 5.73 Å². The second-order valence-electron chi connectivity index (χ2n) is 2.00. The third-order valence-electron chi connectivity index (χ3n) is 1.42. The van der Waals surface area contributed by atoms with Gasteiger partial charge in [0.15, 0.2) is 0 Å². The summed E-state index contributed by atoms with van der Waals surface area (Å²) in [7, 11) is 0. The molecule has 2 N–H and O–H groups in total. The van der Waals surface area contributed by atoms with Crippen LogP contribution in [-0.2, 0) is 0 Å². The van der Waals surface area contributed by atoms with Crippen molar-refractivity contribution in [3.63, 3.8) is 0 Å². The Balaban J connectivity index is 2.28. The van der Waals surface area contributed by atoms with Gasteiger partial charge in [0.25, 0.3) is 0 Å². The van der Waals surface area contributed by atoms with Gasteiger partial charge in [-0.25, -0.2) is 0 Å². The van der Waals surface area contributed by atoms with Crippen molar-refractivity contribution in [2.24, 2.45) is 11.7 Å².